The Balaban J connectivity index is 2.18. The minimum atomic E-state index is -1.27. The Labute approximate surface area is 122 Å². The van der Waals surface area contributed by atoms with Crippen molar-refractivity contribution in [2.24, 2.45) is 0 Å². The molecule has 102 valence electrons. The molecule has 0 radical (unpaired) electrons. The van der Waals surface area contributed by atoms with Gasteiger partial charge in [-0.2, -0.15) is 0 Å². The van der Waals surface area contributed by atoms with Crippen LogP contribution in [0.25, 0.3) is 22.4 Å². The van der Waals surface area contributed by atoms with Crippen molar-refractivity contribution >= 4 is 5.97 Å². The molecular weight excluding hydrogens is 262 g/mol. The number of carboxylic acid groups (broad SMARTS) is 1. The second kappa shape index (κ2) is 5.59. The normalized spacial score (nSPS) is 10.3. The molecule has 0 saturated heterocycles. The molecule has 0 N–H and O–H groups in total. The molecule has 0 fully saturated rings. The zero-order valence-electron chi connectivity index (χ0n) is 11.2. The highest BCUT2D eigenvalue weighted by atomic mass is 16.4. The fraction of sp³-hybridized carbons (Fsp3) is 0. The number of hydrogen-bond acceptors (Lipinski definition) is 3. The van der Waals surface area contributed by atoms with Gasteiger partial charge in [-0.3, -0.25) is 0 Å². The van der Waals surface area contributed by atoms with E-state index in [0.717, 1.165) is 16.7 Å². The number of rotatable bonds is 3. The van der Waals surface area contributed by atoms with Crippen molar-refractivity contribution in [1.29, 1.82) is 0 Å². The predicted molar refractivity (Wildman–Crippen MR) is 79.4 cm³/mol. The summed E-state index contributed by atoms with van der Waals surface area (Å²) in [5.41, 5.74) is 3.19. The Kier molecular flexibility index (Phi) is 3.48. The molecule has 2 aromatic carbocycles. The molecule has 0 aliphatic carbocycles. The molecule has 0 amide bonds. The number of carboxylic acids is 1. The van der Waals surface area contributed by atoms with Crippen LogP contribution in [-0.2, 0) is 0 Å². The van der Waals surface area contributed by atoms with Crippen molar-refractivity contribution in [1.82, 2.24) is 4.98 Å². The molecule has 3 nitrogen and oxygen atoms in total. The van der Waals surface area contributed by atoms with E-state index in [1.54, 1.807) is 0 Å². The first-order valence-electron chi connectivity index (χ1n) is 6.58. The summed E-state index contributed by atoms with van der Waals surface area (Å²) < 4.78 is 0. The van der Waals surface area contributed by atoms with E-state index in [0.29, 0.717) is 5.69 Å². The maximum Gasteiger partial charge on any atom is 0.0900 e. The molecular formula is C18H12NO2-. The third kappa shape index (κ3) is 2.82. The van der Waals surface area contributed by atoms with Crippen molar-refractivity contribution in [3.8, 4) is 22.4 Å². The van der Waals surface area contributed by atoms with E-state index in [1.165, 1.54) is 6.07 Å². The van der Waals surface area contributed by atoms with Gasteiger partial charge in [-0.05, 0) is 23.3 Å². The summed E-state index contributed by atoms with van der Waals surface area (Å²) in [4.78, 5) is 15.4. The number of hydrogen-bond donors (Lipinski definition) is 0. The third-order valence-corrected chi connectivity index (χ3v) is 3.21. The van der Waals surface area contributed by atoms with Gasteiger partial charge < -0.3 is 9.90 Å². The van der Waals surface area contributed by atoms with Gasteiger partial charge in [0.2, 0.25) is 0 Å². The molecule has 3 heteroatoms. The van der Waals surface area contributed by atoms with Crippen LogP contribution in [0.15, 0.2) is 72.8 Å². The number of aromatic nitrogens is 1. The molecule has 0 aliphatic heterocycles. The first kappa shape index (κ1) is 13.1. The highest BCUT2D eigenvalue weighted by molar-refractivity contribution is 5.87. The summed E-state index contributed by atoms with van der Waals surface area (Å²) in [6.45, 7) is 0. The number of benzene rings is 2. The van der Waals surface area contributed by atoms with E-state index in [4.69, 9.17) is 0 Å². The third-order valence-electron chi connectivity index (χ3n) is 3.21. The number of pyridine rings is 1. The van der Waals surface area contributed by atoms with E-state index >= 15 is 0 Å². The van der Waals surface area contributed by atoms with Gasteiger partial charge in [-0.25, -0.2) is 4.98 Å². The lowest BCUT2D eigenvalue weighted by Crippen LogP contribution is -2.23. The quantitative estimate of drug-likeness (QED) is 0.738. The van der Waals surface area contributed by atoms with Gasteiger partial charge in [0.1, 0.15) is 0 Å². The van der Waals surface area contributed by atoms with E-state index < -0.39 is 5.97 Å². The monoisotopic (exact) mass is 274 g/mol. The topological polar surface area (TPSA) is 53.0 Å². The molecule has 21 heavy (non-hydrogen) atoms. The molecule has 0 spiro atoms. The van der Waals surface area contributed by atoms with Crippen LogP contribution in [-0.4, -0.2) is 11.0 Å². The molecule has 0 aliphatic rings. The molecule has 3 rings (SSSR count). The van der Waals surface area contributed by atoms with Crippen LogP contribution in [0.1, 0.15) is 10.5 Å². The molecule has 1 aromatic heterocycles. The van der Waals surface area contributed by atoms with Gasteiger partial charge in [0, 0.05) is 5.56 Å². The summed E-state index contributed by atoms with van der Waals surface area (Å²) in [7, 11) is 0. The molecule has 3 aromatic rings. The standard InChI is InChI=1S/C18H13NO2/c20-18(21)17-12-15(13-7-3-1-4-8-13)11-16(19-17)14-9-5-2-6-10-14/h1-12H,(H,20,21)/p-1. The lowest BCUT2D eigenvalue weighted by Gasteiger charge is -2.10. The zero-order valence-corrected chi connectivity index (χ0v) is 11.2. The molecule has 0 saturated carbocycles. The lowest BCUT2D eigenvalue weighted by molar-refractivity contribution is -0.255. The van der Waals surface area contributed by atoms with E-state index in [-0.39, 0.29) is 5.69 Å². The van der Waals surface area contributed by atoms with Crippen LogP contribution >= 0.6 is 0 Å². The average Bonchev–Trinajstić information content (AvgIpc) is 2.56. The minimum absolute atomic E-state index is 0.0600. The van der Waals surface area contributed by atoms with Crippen LogP contribution in [0.4, 0.5) is 0 Å². The summed E-state index contributed by atoms with van der Waals surface area (Å²) in [6.07, 6.45) is 0. The smallest absolute Gasteiger partial charge is 0.0900 e. The van der Waals surface area contributed by atoms with Gasteiger partial charge in [0.25, 0.3) is 0 Å². The van der Waals surface area contributed by atoms with Crippen LogP contribution in [0.2, 0.25) is 0 Å². The number of aromatic carboxylic acids is 1. The van der Waals surface area contributed by atoms with Crippen LogP contribution < -0.4 is 5.11 Å². The van der Waals surface area contributed by atoms with Crippen molar-refractivity contribution < 1.29 is 9.90 Å². The van der Waals surface area contributed by atoms with E-state index in [2.05, 4.69) is 4.98 Å². The average molecular weight is 274 g/mol. The van der Waals surface area contributed by atoms with Crippen LogP contribution in [0.5, 0.6) is 0 Å². The predicted octanol–water partition coefficient (Wildman–Crippen LogP) is 2.78. The Hall–Kier alpha value is -2.94. The Morgan fingerprint density at radius 1 is 0.762 bits per heavy atom. The largest absolute Gasteiger partial charge is 0.543 e. The SMILES string of the molecule is O=C([O-])c1cc(-c2ccccc2)cc(-c2ccccc2)n1. The van der Waals surface area contributed by atoms with Crippen LogP contribution in [0.3, 0.4) is 0 Å². The zero-order chi connectivity index (χ0) is 14.7. The van der Waals surface area contributed by atoms with Gasteiger partial charge in [0.15, 0.2) is 0 Å². The summed E-state index contributed by atoms with van der Waals surface area (Å²) in [5.74, 6) is -1.27. The molecule has 0 atom stereocenters. The second-order valence-corrected chi connectivity index (χ2v) is 4.65. The first-order chi connectivity index (χ1) is 10.2. The molecule has 1 heterocycles. The highest BCUT2D eigenvalue weighted by Crippen LogP contribution is 2.25. The number of nitrogens with zero attached hydrogens (tertiary/aromatic N) is 1. The molecule has 0 unspecified atom stereocenters. The first-order valence-corrected chi connectivity index (χ1v) is 6.58. The summed E-state index contributed by atoms with van der Waals surface area (Å²) >= 11 is 0. The van der Waals surface area contributed by atoms with Crippen molar-refractivity contribution in [3.05, 3.63) is 78.5 Å². The molecule has 0 bridgehead atoms. The minimum Gasteiger partial charge on any atom is -0.543 e. The maximum atomic E-state index is 11.2. The Morgan fingerprint density at radius 3 is 1.90 bits per heavy atom. The summed E-state index contributed by atoms with van der Waals surface area (Å²) in [6, 6.07) is 22.5. The lowest BCUT2D eigenvalue weighted by atomic mass is 10.0. The Bertz CT molecular complexity index is 710. The van der Waals surface area contributed by atoms with E-state index in [1.807, 2.05) is 66.7 Å². The van der Waals surface area contributed by atoms with Crippen LogP contribution in [0, 0.1) is 0 Å². The fourth-order valence-electron chi connectivity index (χ4n) is 2.19. The van der Waals surface area contributed by atoms with Gasteiger partial charge in [0.05, 0.1) is 17.4 Å². The Morgan fingerprint density at radius 2 is 1.33 bits per heavy atom. The fourth-order valence-corrected chi connectivity index (χ4v) is 2.19. The van der Waals surface area contributed by atoms with Crippen molar-refractivity contribution in [3.63, 3.8) is 0 Å². The number of carbonyl (C=O) groups excluding carboxylic acids is 1. The van der Waals surface area contributed by atoms with Gasteiger partial charge >= 0.3 is 0 Å². The van der Waals surface area contributed by atoms with Crippen molar-refractivity contribution in [2.45, 2.75) is 0 Å². The van der Waals surface area contributed by atoms with E-state index in [9.17, 15) is 9.90 Å². The van der Waals surface area contributed by atoms with Gasteiger partial charge in [-0.1, -0.05) is 60.7 Å². The summed E-state index contributed by atoms with van der Waals surface area (Å²) in [5, 5.41) is 11.2. The van der Waals surface area contributed by atoms with Crippen molar-refractivity contribution in [2.75, 3.05) is 0 Å². The second-order valence-electron chi connectivity index (χ2n) is 4.65. The van der Waals surface area contributed by atoms with Gasteiger partial charge in [-0.15, -0.1) is 0 Å². The maximum absolute atomic E-state index is 11.2. The number of carbonyl (C=O) groups is 1. The highest BCUT2D eigenvalue weighted by Gasteiger charge is 2.07.